The zero-order chi connectivity index (χ0) is 10.8. The van der Waals surface area contributed by atoms with Gasteiger partial charge in [-0.1, -0.05) is 33.1 Å². The first-order valence-electron chi connectivity index (χ1n) is 6.94. The molecule has 0 amide bonds. The molecule has 0 saturated heterocycles. The highest BCUT2D eigenvalue weighted by Gasteiger charge is 2.33. The predicted molar refractivity (Wildman–Crippen MR) is 65.6 cm³/mol. The lowest BCUT2D eigenvalue weighted by molar-refractivity contribution is 0.161. The van der Waals surface area contributed by atoms with Crippen LogP contribution in [0.2, 0.25) is 0 Å². The van der Waals surface area contributed by atoms with Crippen LogP contribution in [0.25, 0.3) is 0 Å². The fourth-order valence-electron chi connectivity index (χ4n) is 3.67. The second kappa shape index (κ2) is 4.86. The van der Waals surface area contributed by atoms with Crippen LogP contribution >= 0.6 is 0 Å². The van der Waals surface area contributed by atoms with Gasteiger partial charge in [-0.3, -0.25) is 0 Å². The molecule has 15 heavy (non-hydrogen) atoms. The van der Waals surface area contributed by atoms with E-state index in [2.05, 4.69) is 13.8 Å². The number of hydrogen-bond donors (Lipinski definition) is 1. The van der Waals surface area contributed by atoms with Crippen molar-refractivity contribution in [2.75, 3.05) is 0 Å². The maximum atomic E-state index is 6.46. The molecule has 0 spiro atoms. The third-order valence-corrected chi connectivity index (χ3v) is 5.13. The molecule has 2 N–H and O–H groups in total. The predicted octanol–water partition coefficient (Wildman–Crippen LogP) is 3.58. The molecule has 2 saturated carbocycles. The summed E-state index contributed by atoms with van der Waals surface area (Å²) in [6.07, 6.45) is 9.85. The third-order valence-electron chi connectivity index (χ3n) is 5.13. The van der Waals surface area contributed by atoms with E-state index in [4.69, 9.17) is 5.73 Å². The Hall–Kier alpha value is -0.0400. The van der Waals surface area contributed by atoms with Crippen LogP contribution in [-0.2, 0) is 0 Å². The van der Waals surface area contributed by atoms with Gasteiger partial charge in [-0.15, -0.1) is 0 Å². The van der Waals surface area contributed by atoms with Crippen molar-refractivity contribution in [3.05, 3.63) is 0 Å². The summed E-state index contributed by atoms with van der Waals surface area (Å²) in [5, 5.41) is 0. The summed E-state index contributed by atoms with van der Waals surface area (Å²) in [5.74, 6) is 3.52. The molecule has 0 radical (unpaired) electrons. The number of nitrogens with two attached hydrogens (primary N) is 1. The van der Waals surface area contributed by atoms with Gasteiger partial charge >= 0.3 is 0 Å². The molecule has 0 aromatic rings. The molecule has 88 valence electrons. The van der Waals surface area contributed by atoms with Crippen molar-refractivity contribution in [3.63, 3.8) is 0 Å². The molecule has 0 bridgehead atoms. The van der Waals surface area contributed by atoms with E-state index in [1.165, 1.54) is 44.9 Å². The molecule has 0 aromatic heterocycles. The van der Waals surface area contributed by atoms with E-state index < -0.39 is 0 Å². The normalized spacial score (nSPS) is 40.6. The summed E-state index contributed by atoms with van der Waals surface area (Å²) in [6.45, 7) is 4.82. The number of rotatable bonds is 2. The van der Waals surface area contributed by atoms with Crippen LogP contribution < -0.4 is 5.73 Å². The Labute approximate surface area is 94.8 Å². The molecule has 4 unspecified atom stereocenters. The Bertz CT molecular complexity index is 196. The Balaban J connectivity index is 1.87. The van der Waals surface area contributed by atoms with Gasteiger partial charge in [-0.25, -0.2) is 0 Å². The summed E-state index contributed by atoms with van der Waals surface area (Å²) in [6, 6.07) is 0.516. The first-order valence-corrected chi connectivity index (χ1v) is 6.94. The summed E-state index contributed by atoms with van der Waals surface area (Å²) in [5.41, 5.74) is 6.46. The minimum atomic E-state index is 0.516. The van der Waals surface area contributed by atoms with E-state index in [0.717, 1.165) is 23.7 Å². The Morgan fingerprint density at radius 3 is 2.13 bits per heavy atom. The standard InChI is InChI=1S/C14H27N/c1-10-7-8-13(9-11(10)2)14(15)12-5-3-4-6-12/h10-14H,3-9,15H2,1-2H3. The smallest absolute Gasteiger partial charge is 0.00957 e. The van der Waals surface area contributed by atoms with Crippen molar-refractivity contribution in [3.8, 4) is 0 Å². The zero-order valence-electron chi connectivity index (χ0n) is 10.4. The fraction of sp³-hybridized carbons (Fsp3) is 1.00. The summed E-state index contributed by atoms with van der Waals surface area (Å²) >= 11 is 0. The zero-order valence-corrected chi connectivity index (χ0v) is 10.4. The number of hydrogen-bond acceptors (Lipinski definition) is 1. The van der Waals surface area contributed by atoms with Gasteiger partial charge in [-0.05, 0) is 49.4 Å². The second-order valence-electron chi connectivity index (χ2n) is 6.15. The Morgan fingerprint density at radius 1 is 0.867 bits per heavy atom. The van der Waals surface area contributed by atoms with Gasteiger partial charge in [0.1, 0.15) is 0 Å². The van der Waals surface area contributed by atoms with Crippen LogP contribution in [0, 0.1) is 23.7 Å². The first-order chi connectivity index (χ1) is 7.18. The van der Waals surface area contributed by atoms with Crippen LogP contribution in [0.1, 0.15) is 58.8 Å². The van der Waals surface area contributed by atoms with Gasteiger partial charge in [-0.2, -0.15) is 0 Å². The SMILES string of the molecule is CC1CCC(C(N)C2CCCC2)CC1C. The molecule has 1 heteroatoms. The van der Waals surface area contributed by atoms with Crippen LogP contribution in [0.3, 0.4) is 0 Å². The van der Waals surface area contributed by atoms with E-state index in [9.17, 15) is 0 Å². The van der Waals surface area contributed by atoms with E-state index in [0.29, 0.717) is 6.04 Å². The topological polar surface area (TPSA) is 26.0 Å². The monoisotopic (exact) mass is 209 g/mol. The maximum Gasteiger partial charge on any atom is 0.00957 e. The molecule has 1 nitrogen and oxygen atoms in total. The van der Waals surface area contributed by atoms with Crippen molar-refractivity contribution in [1.29, 1.82) is 0 Å². The largest absolute Gasteiger partial charge is 0.327 e. The molecule has 4 atom stereocenters. The lowest BCUT2D eigenvalue weighted by Crippen LogP contribution is -2.40. The molecule has 2 aliphatic carbocycles. The average Bonchev–Trinajstić information content (AvgIpc) is 2.74. The highest BCUT2D eigenvalue weighted by atomic mass is 14.7. The van der Waals surface area contributed by atoms with Gasteiger partial charge in [0.25, 0.3) is 0 Å². The van der Waals surface area contributed by atoms with Gasteiger partial charge < -0.3 is 5.73 Å². The summed E-state index contributed by atoms with van der Waals surface area (Å²) in [4.78, 5) is 0. The van der Waals surface area contributed by atoms with Crippen molar-refractivity contribution < 1.29 is 0 Å². The lowest BCUT2D eigenvalue weighted by atomic mass is 9.71. The van der Waals surface area contributed by atoms with Gasteiger partial charge in [0.05, 0.1) is 0 Å². The molecule has 2 rings (SSSR count). The van der Waals surface area contributed by atoms with Crippen molar-refractivity contribution >= 4 is 0 Å². The van der Waals surface area contributed by atoms with Crippen LogP contribution in [0.4, 0.5) is 0 Å². The van der Waals surface area contributed by atoms with E-state index in [1.807, 2.05) is 0 Å². The highest BCUT2D eigenvalue weighted by molar-refractivity contribution is 4.87. The molecule has 2 aliphatic rings. The quantitative estimate of drug-likeness (QED) is 0.739. The van der Waals surface area contributed by atoms with Crippen LogP contribution in [0.5, 0.6) is 0 Å². The fourth-order valence-corrected chi connectivity index (χ4v) is 3.67. The molecule has 2 fully saturated rings. The molecular weight excluding hydrogens is 182 g/mol. The molecule has 0 aliphatic heterocycles. The van der Waals surface area contributed by atoms with Gasteiger partial charge in [0.2, 0.25) is 0 Å². The van der Waals surface area contributed by atoms with Crippen LogP contribution in [-0.4, -0.2) is 6.04 Å². The summed E-state index contributed by atoms with van der Waals surface area (Å²) in [7, 11) is 0. The molecule has 0 aromatic carbocycles. The Kier molecular flexibility index (Phi) is 3.71. The van der Waals surface area contributed by atoms with Crippen molar-refractivity contribution in [1.82, 2.24) is 0 Å². The van der Waals surface area contributed by atoms with Gasteiger partial charge in [0.15, 0.2) is 0 Å². The third kappa shape index (κ3) is 2.55. The lowest BCUT2D eigenvalue weighted by Gasteiger charge is -2.37. The van der Waals surface area contributed by atoms with Crippen LogP contribution in [0.15, 0.2) is 0 Å². The van der Waals surface area contributed by atoms with E-state index in [1.54, 1.807) is 0 Å². The minimum Gasteiger partial charge on any atom is -0.327 e. The highest BCUT2D eigenvalue weighted by Crippen LogP contribution is 2.39. The average molecular weight is 209 g/mol. The molecular formula is C14H27N. The first kappa shape index (κ1) is 11.4. The molecule has 0 heterocycles. The minimum absolute atomic E-state index is 0.516. The van der Waals surface area contributed by atoms with E-state index >= 15 is 0 Å². The van der Waals surface area contributed by atoms with Gasteiger partial charge in [0, 0.05) is 6.04 Å². The van der Waals surface area contributed by atoms with Crippen molar-refractivity contribution in [2.24, 2.45) is 29.4 Å². The van der Waals surface area contributed by atoms with Crippen molar-refractivity contribution in [2.45, 2.75) is 64.8 Å². The van der Waals surface area contributed by atoms with E-state index in [-0.39, 0.29) is 0 Å². The maximum absolute atomic E-state index is 6.46. The Morgan fingerprint density at radius 2 is 1.53 bits per heavy atom. The second-order valence-corrected chi connectivity index (χ2v) is 6.15. The summed E-state index contributed by atoms with van der Waals surface area (Å²) < 4.78 is 0.